The van der Waals surface area contributed by atoms with Crippen LogP contribution in [0.25, 0.3) is 0 Å². The summed E-state index contributed by atoms with van der Waals surface area (Å²) < 4.78 is 43.4. The van der Waals surface area contributed by atoms with E-state index < -0.39 is 12.4 Å². The monoisotopic (exact) mass is 386 g/mol. The van der Waals surface area contributed by atoms with Crippen molar-refractivity contribution in [2.45, 2.75) is 39.5 Å². The number of guanidine groups is 1. The van der Waals surface area contributed by atoms with E-state index in [1.807, 2.05) is 13.8 Å². The minimum absolute atomic E-state index is 0.0104. The highest BCUT2D eigenvalue weighted by atomic mass is 19.3. The van der Waals surface area contributed by atoms with Crippen LogP contribution in [0.5, 0.6) is 5.75 Å². The lowest BCUT2D eigenvalue weighted by Crippen LogP contribution is -2.45. The fourth-order valence-corrected chi connectivity index (χ4v) is 2.92. The molecule has 1 atom stereocenters. The summed E-state index contributed by atoms with van der Waals surface area (Å²) in [5.74, 6) is -0.434. The van der Waals surface area contributed by atoms with E-state index in [1.54, 1.807) is 11.9 Å². The first-order valence-electron chi connectivity index (χ1n) is 8.80. The number of halogens is 3. The molecule has 2 rings (SSSR count). The summed E-state index contributed by atoms with van der Waals surface area (Å²) >= 11 is 0. The Morgan fingerprint density at radius 2 is 2.15 bits per heavy atom. The number of hydrogen-bond donors (Lipinski definition) is 2. The standard InChI is InChI=1S/C18H25F3N4O2/c1-11(2)16(26)25-8-7-12(10-25)24-18(22-3)23-9-13-14(19)5-4-6-15(13)27-17(20)21/h4-6,11-12,17H,7-10H2,1-3H3,(H2,22,23,24). The van der Waals surface area contributed by atoms with Crippen LogP contribution in [-0.4, -0.2) is 49.6 Å². The molecule has 27 heavy (non-hydrogen) atoms. The molecule has 1 fully saturated rings. The zero-order chi connectivity index (χ0) is 20.0. The minimum atomic E-state index is -3.04. The molecule has 1 unspecified atom stereocenters. The largest absolute Gasteiger partial charge is 0.434 e. The van der Waals surface area contributed by atoms with Crippen molar-refractivity contribution in [3.8, 4) is 5.75 Å². The number of benzene rings is 1. The number of alkyl halides is 2. The second-order valence-electron chi connectivity index (χ2n) is 6.59. The van der Waals surface area contributed by atoms with Crippen molar-refractivity contribution in [2.75, 3.05) is 20.1 Å². The summed E-state index contributed by atoms with van der Waals surface area (Å²) in [4.78, 5) is 17.9. The van der Waals surface area contributed by atoms with E-state index in [0.717, 1.165) is 6.42 Å². The number of nitrogens with one attached hydrogen (secondary N) is 2. The molecule has 1 aliphatic rings. The van der Waals surface area contributed by atoms with Gasteiger partial charge in [0.1, 0.15) is 11.6 Å². The smallest absolute Gasteiger partial charge is 0.387 e. The zero-order valence-corrected chi connectivity index (χ0v) is 15.6. The normalized spacial score (nSPS) is 17.6. The maximum Gasteiger partial charge on any atom is 0.387 e. The van der Waals surface area contributed by atoms with Crippen LogP contribution in [-0.2, 0) is 11.3 Å². The van der Waals surface area contributed by atoms with Crippen molar-refractivity contribution in [2.24, 2.45) is 10.9 Å². The Kier molecular flexibility index (Phi) is 7.32. The van der Waals surface area contributed by atoms with Gasteiger partial charge in [0.25, 0.3) is 0 Å². The summed E-state index contributed by atoms with van der Waals surface area (Å²) in [5, 5.41) is 6.08. The Hall–Kier alpha value is -2.45. The molecular formula is C18H25F3N4O2. The molecule has 9 heteroatoms. The van der Waals surface area contributed by atoms with Crippen LogP contribution >= 0.6 is 0 Å². The van der Waals surface area contributed by atoms with Crippen molar-refractivity contribution >= 4 is 11.9 Å². The summed E-state index contributed by atoms with van der Waals surface area (Å²) in [6.07, 6.45) is 0.763. The summed E-state index contributed by atoms with van der Waals surface area (Å²) in [7, 11) is 1.55. The van der Waals surface area contributed by atoms with Gasteiger partial charge < -0.3 is 20.3 Å². The summed E-state index contributed by atoms with van der Waals surface area (Å²) in [6.45, 7) is 1.82. The van der Waals surface area contributed by atoms with Crippen molar-refractivity contribution in [3.63, 3.8) is 0 Å². The number of hydrogen-bond acceptors (Lipinski definition) is 3. The lowest BCUT2D eigenvalue weighted by molar-refractivity contribution is -0.133. The van der Waals surface area contributed by atoms with Crippen LogP contribution < -0.4 is 15.4 Å². The Morgan fingerprint density at radius 1 is 1.41 bits per heavy atom. The highest BCUT2D eigenvalue weighted by Crippen LogP contribution is 2.23. The van der Waals surface area contributed by atoms with Gasteiger partial charge in [0.2, 0.25) is 5.91 Å². The van der Waals surface area contributed by atoms with Gasteiger partial charge in [0.15, 0.2) is 5.96 Å². The number of nitrogens with zero attached hydrogens (tertiary/aromatic N) is 2. The van der Waals surface area contributed by atoms with Gasteiger partial charge in [0, 0.05) is 44.2 Å². The molecule has 2 N–H and O–H groups in total. The molecule has 1 aliphatic heterocycles. The SMILES string of the molecule is CN=C(NCc1c(F)cccc1OC(F)F)NC1CCN(C(=O)C(C)C)C1. The summed E-state index contributed by atoms with van der Waals surface area (Å²) in [6, 6.07) is 3.78. The highest BCUT2D eigenvalue weighted by Gasteiger charge is 2.28. The first kappa shape index (κ1) is 20.9. The van der Waals surface area contributed by atoms with Crippen LogP contribution in [0.2, 0.25) is 0 Å². The molecule has 0 radical (unpaired) electrons. The fourth-order valence-electron chi connectivity index (χ4n) is 2.92. The first-order valence-corrected chi connectivity index (χ1v) is 8.80. The number of carbonyl (C=O) groups is 1. The van der Waals surface area contributed by atoms with Crippen LogP contribution in [0.15, 0.2) is 23.2 Å². The van der Waals surface area contributed by atoms with E-state index in [9.17, 15) is 18.0 Å². The van der Waals surface area contributed by atoms with Gasteiger partial charge in [-0.2, -0.15) is 8.78 Å². The van der Waals surface area contributed by atoms with Gasteiger partial charge in [-0.05, 0) is 18.6 Å². The van der Waals surface area contributed by atoms with Crippen molar-refractivity contribution < 1.29 is 22.7 Å². The van der Waals surface area contributed by atoms with Crippen molar-refractivity contribution in [3.05, 3.63) is 29.6 Å². The third kappa shape index (κ3) is 5.77. The molecular weight excluding hydrogens is 361 g/mol. The molecule has 0 aromatic heterocycles. The Morgan fingerprint density at radius 3 is 2.78 bits per heavy atom. The van der Waals surface area contributed by atoms with Gasteiger partial charge in [-0.25, -0.2) is 4.39 Å². The van der Waals surface area contributed by atoms with E-state index >= 15 is 0 Å². The molecule has 6 nitrogen and oxygen atoms in total. The summed E-state index contributed by atoms with van der Waals surface area (Å²) in [5.41, 5.74) is -0.0104. The maximum atomic E-state index is 14.0. The predicted molar refractivity (Wildman–Crippen MR) is 96.2 cm³/mol. The van der Waals surface area contributed by atoms with Crippen LogP contribution in [0, 0.1) is 11.7 Å². The molecule has 150 valence electrons. The Balaban J connectivity index is 1.95. The molecule has 1 aromatic rings. The minimum Gasteiger partial charge on any atom is -0.434 e. The van der Waals surface area contributed by atoms with E-state index in [4.69, 9.17) is 0 Å². The predicted octanol–water partition coefficient (Wildman–Crippen LogP) is 2.35. The molecule has 1 heterocycles. The van der Waals surface area contributed by atoms with Crippen molar-refractivity contribution in [1.29, 1.82) is 0 Å². The molecule has 0 aliphatic carbocycles. The third-order valence-corrected chi connectivity index (χ3v) is 4.28. The maximum absolute atomic E-state index is 14.0. The Bertz CT molecular complexity index is 683. The third-order valence-electron chi connectivity index (χ3n) is 4.28. The van der Waals surface area contributed by atoms with Gasteiger partial charge in [-0.3, -0.25) is 9.79 Å². The zero-order valence-electron chi connectivity index (χ0n) is 15.6. The lowest BCUT2D eigenvalue weighted by atomic mass is 10.2. The molecule has 0 bridgehead atoms. The highest BCUT2D eigenvalue weighted by molar-refractivity contribution is 5.81. The molecule has 1 amide bonds. The van der Waals surface area contributed by atoms with E-state index in [1.165, 1.54) is 18.2 Å². The number of aliphatic imine (C=N–C) groups is 1. The number of rotatable bonds is 6. The van der Waals surface area contributed by atoms with E-state index in [0.29, 0.717) is 19.0 Å². The Labute approximate surface area is 156 Å². The number of ether oxygens (including phenoxy) is 1. The van der Waals surface area contributed by atoms with Crippen LogP contribution in [0.1, 0.15) is 25.8 Å². The molecule has 1 saturated heterocycles. The second-order valence-corrected chi connectivity index (χ2v) is 6.59. The van der Waals surface area contributed by atoms with Gasteiger partial charge in [-0.15, -0.1) is 0 Å². The van der Waals surface area contributed by atoms with E-state index in [2.05, 4.69) is 20.4 Å². The average Bonchev–Trinajstić information content (AvgIpc) is 3.07. The van der Waals surface area contributed by atoms with Crippen LogP contribution in [0.3, 0.4) is 0 Å². The topological polar surface area (TPSA) is 66.0 Å². The van der Waals surface area contributed by atoms with Crippen LogP contribution in [0.4, 0.5) is 13.2 Å². The van der Waals surface area contributed by atoms with E-state index in [-0.39, 0.29) is 35.7 Å². The number of amides is 1. The second kappa shape index (κ2) is 9.48. The van der Waals surface area contributed by atoms with Gasteiger partial charge in [-0.1, -0.05) is 19.9 Å². The van der Waals surface area contributed by atoms with Gasteiger partial charge in [0.05, 0.1) is 0 Å². The average molecular weight is 386 g/mol. The quantitative estimate of drug-likeness (QED) is 0.582. The molecule has 1 aromatic carbocycles. The van der Waals surface area contributed by atoms with Crippen molar-refractivity contribution in [1.82, 2.24) is 15.5 Å². The molecule has 0 spiro atoms. The molecule has 0 saturated carbocycles. The first-order chi connectivity index (χ1) is 12.8. The lowest BCUT2D eigenvalue weighted by Gasteiger charge is -2.20. The fraction of sp³-hybridized carbons (Fsp3) is 0.556. The number of carbonyl (C=O) groups excluding carboxylic acids is 1. The van der Waals surface area contributed by atoms with Gasteiger partial charge >= 0.3 is 6.61 Å². The number of likely N-dealkylation sites (tertiary alicyclic amines) is 1.